The topological polar surface area (TPSA) is 33.2 Å². The van der Waals surface area contributed by atoms with Crippen LogP contribution in [0.1, 0.15) is 30.5 Å². The smallest absolute Gasteiger partial charge is 0.233 e. The number of amides is 1. The third-order valence-electron chi connectivity index (χ3n) is 3.48. The Kier molecular flexibility index (Phi) is 4.76. The van der Waals surface area contributed by atoms with Crippen LogP contribution in [0.3, 0.4) is 0 Å². The largest absolute Gasteiger partial charge is 0.310 e. The van der Waals surface area contributed by atoms with Gasteiger partial charge in [-0.2, -0.15) is 0 Å². The number of anilines is 1. The zero-order valence-corrected chi connectivity index (χ0v) is 14.9. The van der Waals surface area contributed by atoms with Crippen molar-refractivity contribution in [2.24, 2.45) is 0 Å². The zero-order chi connectivity index (χ0) is 15.7. The molecule has 0 spiro atoms. The van der Waals surface area contributed by atoms with Crippen molar-refractivity contribution in [1.29, 1.82) is 0 Å². The SMILES string of the molecule is CC(C)c1nc(CC(=O)N2CCSc3ccc(Cl)cc32)cs1. The van der Waals surface area contributed by atoms with Crippen LogP contribution < -0.4 is 4.90 Å². The van der Waals surface area contributed by atoms with Gasteiger partial charge in [-0.1, -0.05) is 25.4 Å². The van der Waals surface area contributed by atoms with Gasteiger partial charge < -0.3 is 4.90 Å². The number of halogens is 1. The first-order valence-electron chi connectivity index (χ1n) is 7.21. The lowest BCUT2D eigenvalue weighted by molar-refractivity contribution is -0.118. The van der Waals surface area contributed by atoms with Crippen LogP contribution in [0.5, 0.6) is 0 Å². The molecule has 0 aliphatic carbocycles. The van der Waals surface area contributed by atoms with Gasteiger partial charge >= 0.3 is 0 Å². The molecule has 0 saturated carbocycles. The fraction of sp³-hybridized carbons (Fsp3) is 0.375. The van der Waals surface area contributed by atoms with Gasteiger partial charge in [0.25, 0.3) is 0 Å². The van der Waals surface area contributed by atoms with Crippen molar-refractivity contribution in [3.63, 3.8) is 0 Å². The van der Waals surface area contributed by atoms with E-state index in [-0.39, 0.29) is 5.91 Å². The molecule has 0 bridgehead atoms. The Labute approximate surface area is 143 Å². The van der Waals surface area contributed by atoms with Crippen molar-refractivity contribution in [3.8, 4) is 0 Å². The summed E-state index contributed by atoms with van der Waals surface area (Å²) in [6.07, 6.45) is 0.347. The van der Waals surface area contributed by atoms with Crippen molar-refractivity contribution < 1.29 is 4.79 Å². The van der Waals surface area contributed by atoms with Crippen LogP contribution in [0.4, 0.5) is 5.69 Å². The third kappa shape index (κ3) is 3.31. The molecular weight excluding hydrogens is 336 g/mol. The standard InChI is InChI=1S/C16H17ClN2OS2/c1-10(2)16-18-12(9-22-16)8-15(20)19-5-6-21-14-4-3-11(17)7-13(14)19/h3-4,7,9-10H,5-6,8H2,1-2H3. The molecule has 116 valence electrons. The van der Waals surface area contributed by atoms with Crippen LogP contribution in [-0.4, -0.2) is 23.2 Å². The monoisotopic (exact) mass is 352 g/mol. The molecule has 3 rings (SSSR count). The molecule has 2 heterocycles. The molecule has 0 radical (unpaired) electrons. The number of aromatic nitrogens is 1. The normalized spacial score (nSPS) is 14.3. The van der Waals surface area contributed by atoms with Crippen molar-refractivity contribution in [2.75, 3.05) is 17.2 Å². The number of benzene rings is 1. The number of thiazole rings is 1. The van der Waals surface area contributed by atoms with Gasteiger partial charge in [0.1, 0.15) is 0 Å². The summed E-state index contributed by atoms with van der Waals surface area (Å²) in [6, 6.07) is 5.74. The Morgan fingerprint density at radius 1 is 1.45 bits per heavy atom. The molecule has 0 fully saturated rings. The molecule has 0 atom stereocenters. The molecule has 22 heavy (non-hydrogen) atoms. The quantitative estimate of drug-likeness (QED) is 0.809. The number of hydrogen-bond acceptors (Lipinski definition) is 4. The van der Waals surface area contributed by atoms with Gasteiger partial charge in [-0.05, 0) is 18.2 Å². The number of rotatable bonds is 3. The lowest BCUT2D eigenvalue weighted by atomic mass is 10.2. The van der Waals surface area contributed by atoms with E-state index in [0.29, 0.717) is 17.4 Å². The van der Waals surface area contributed by atoms with Crippen molar-refractivity contribution in [2.45, 2.75) is 31.1 Å². The van der Waals surface area contributed by atoms with Gasteiger partial charge in [-0.15, -0.1) is 23.1 Å². The predicted molar refractivity (Wildman–Crippen MR) is 94.4 cm³/mol. The fourth-order valence-corrected chi connectivity index (χ4v) is 4.35. The summed E-state index contributed by atoms with van der Waals surface area (Å²) in [5.74, 6) is 1.40. The van der Waals surface area contributed by atoms with E-state index in [0.717, 1.165) is 33.6 Å². The zero-order valence-electron chi connectivity index (χ0n) is 12.5. The molecule has 1 amide bonds. The highest BCUT2D eigenvalue weighted by molar-refractivity contribution is 7.99. The molecule has 1 aliphatic heterocycles. The molecule has 0 saturated heterocycles. The number of thioether (sulfide) groups is 1. The van der Waals surface area contributed by atoms with Crippen LogP contribution in [0.2, 0.25) is 5.02 Å². The highest BCUT2D eigenvalue weighted by Crippen LogP contribution is 2.36. The molecular formula is C16H17ClN2OS2. The lowest BCUT2D eigenvalue weighted by Gasteiger charge is -2.29. The third-order valence-corrected chi connectivity index (χ3v) is 5.95. The summed E-state index contributed by atoms with van der Waals surface area (Å²) < 4.78 is 0. The van der Waals surface area contributed by atoms with Gasteiger partial charge in [0.2, 0.25) is 5.91 Å². The van der Waals surface area contributed by atoms with Gasteiger partial charge in [0.05, 0.1) is 22.8 Å². The van der Waals surface area contributed by atoms with Crippen molar-refractivity contribution in [3.05, 3.63) is 39.3 Å². The van der Waals surface area contributed by atoms with E-state index in [1.54, 1.807) is 23.1 Å². The summed E-state index contributed by atoms with van der Waals surface area (Å²) in [6.45, 7) is 4.95. The number of nitrogens with zero attached hydrogens (tertiary/aromatic N) is 2. The average molecular weight is 353 g/mol. The maximum atomic E-state index is 12.7. The number of hydrogen-bond donors (Lipinski definition) is 0. The second kappa shape index (κ2) is 6.60. The van der Waals surface area contributed by atoms with Crippen LogP contribution in [0.25, 0.3) is 0 Å². The molecule has 1 aromatic heterocycles. The summed E-state index contributed by atoms with van der Waals surface area (Å²) >= 11 is 9.48. The van der Waals surface area contributed by atoms with Gasteiger partial charge in [-0.25, -0.2) is 4.98 Å². The summed E-state index contributed by atoms with van der Waals surface area (Å²) in [4.78, 5) is 20.2. The van der Waals surface area contributed by atoms with E-state index < -0.39 is 0 Å². The first kappa shape index (κ1) is 15.8. The fourth-order valence-electron chi connectivity index (χ4n) is 2.37. The Morgan fingerprint density at radius 2 is 2.27 bits per heavy atom. The maximum Gasteiger partial charge on any atom is 0.233 e. The minimum Gasteiger partial charge on any atom is -0.310 e. The Bertz CT molecular complexity index is 699. The molecule has 3 nitrogen and oxygen atoms in total. The lowest BCUT2D eigenvalue weighted by Crippen LogP contribution is -2.36. The Hall–Kier alpha value is -1.04. The van der Waals surface area contributed by atoms with Crippen LogP contribution >= 0.6 is 34.7 Å². The molecule has 0 unspecified atom stereocenters. The number of carbonyl (C=O) groups is 1. The van der Waals surface area contributed by atoms with E-state index in [4.69, 9.17) is 11.6 Å². The Morgan fingerprint density at radius 3 is 3.00 bits per heavy atom. The van der Waals surface area contributed by atoms with E-state index in [9.17, 15) is 4.79 Å². The minimum atomic E-state index is 0.0874. The van der Waals surface area contributed by atoms with E-state index in [1.165, 1.54) is 0 Å². The number of fused-ring (bicyclic) bond motifs is 1. The summed E-state index contributed by atoms with van der Waals surface area (Å²) in [7, 11) is 0. The molecule has 6 heteroatoms. The van der Waals surface area contributed by atoms with Crippen LogP contribution in [0.15, 0.2) is 28.5 Å². The van der Waals surface area contributed by atoms with Crippen molar-refractivity contribution >= 4 is 46.3 Å². The predicted octanol–water partition coefficient (Wildman–Crippen LogP) is 4.60. The summed E-state index contributed by atoms with van der Waals surface area (Å²) in [5, 5.41) is 3.74. The maximum absolute atomic E-state index is 12.7. The van der Waals surface area contributed by atoms with Crippen molar-refractivity contribution in [1.82, 2.24) is 4.98 Å². The minimum absolute atomic E-state index is 0.0874. The second-order valence-corrected chi connectivity index (χ2v) is 7.98. The average Bonchev–Trinajstić information content (AvgIpc) is 2.95. The molecule has 1 aliphatic rings. The van der Waals surface area contributed by atoms with Gasteiger partial charge in [-0.3, -0.25) is 4.79 Å². The first-order chi connectivity index (χ1) is 10.5. The Balaban J connectivity index is 1.80. The highest BCUT2D eigenvalue weighted by Gasteiger charge is 2.24. The van der Waals surface area contributed by atoms with Gasteiger partial charge in [0.15, 0.2) is 0 Å². The van der Waals surface area contributed by atoms with Gasteiger partial charge in [0, 0.05) is 33.5 Å². The highest BCUT2D eigenvalue weighted by atomic mass is 35.5. The number of carbonyl (C=O) groups excluding carboxylic acids is 1. The second-order valence-electron chi connectivity index (χ2n) is 5.51. The van der Waals surface area contributed by atoms with E-state index >= 15 is 0 Å². The van der Waals surface area contributed by atoms with Crippen LogP contribution in [-0.2, 0) is 11.2 Å². The van der Waals surface area contributed by atoms with Crippen LogP contribution in [0, 0.1) is 0 Å². The molecule has 2 aromatic rings. The molecule has 0 N–H and O–H groups in total. The summed E-state index contributed by atoms with van der Waals surface area (Å²) in [5.41, 5.74) is 1.79. The van der Waals surface area contributed by atoms with E-state index in [1.807, 2.05) is 28.5 Å². The molecule has 1 aromatic carbocycles. The van der Waals surface area contributed by atoms with E-state index in [2.05, 4.69) is 18.8 Å². The first-order valence-corrected chi connectivity index (χ1v) is 9.46.